The second-order valence-electron chi connectivity index (χ2n) is 4.79. The van der Waals surface area contributed by atoms with E-state index < -0.39 is 35.5 Å². The molecule has 2 rings (SSSR count). The van der Waals surface area contributed by atoms with E-state index in [2.05, 4.69) is 4.98 Å². The van der Waals surface area contributed by atoms with Gasteiger partial charge >= 0.3 is 18.1 Å². The van der Waals surface area contributed by atoms with Crippen molar-refractivity contribution in [3.63, 3.8) is 0 Å². The first-order valence-corrected chi connectivity index (χ1v) is 6.41. The summed E-state index contributed by atoms with van der Waals surface area (Å²) in [7, 11) is 0. The van der Waals surface area contributed by atoms with Gasteiger partial charge in [0.2, 0.25) is 0 Å². The molecular weight excluding hydrogens is 289 g/mol. The van der Waals surface area contributed by atoms with E-state index in [1.54, 1.807) is 0 Å². The van der Waals surface area contributed by atoms with Crippen molar-refractivity contribution in [3.05, 3.63) is 23.9 Å². The third kappa shape index (κ3) is 3.14. The zero-order chi connectivity index (χ0) is 15.6. The smallest absolute Gasteiger partial charge is 0.471 e. The Bertz CT molecular complexity index is 554. The fourth-order valence-electron chi connectivity index (χ4n) is 2.49. The molecule has 0 aliphatic heterocycles. The van der Waals surface area contributed by atoms with E-state index >= 15 is 0 Å². The van der Waals surface area contributed by atoms with Crippen LogP contribution in [0.2, 0.25) is 0 Å². The average molecular weight is 302 g/mol. The molecule has 0 aromatic carbocycles. The number of alkyl halides is 3. The minimum atomic E-state index is -5.07. The molecule has 0 radical (unpaired) electrons. The summed E-state index contributed by atoms with van der Waals surface area (Å²) >= 11 is 0. The standard InChI is InChI=1S/C13H13F3N2O3/c14-13(15,16)12(21)18(8-4-1-2-5-8)10-9(11(19)20)6-3-7-17-10/h3,6-8H,1-2,4-5H2,(H,19,20). The van der Waals surface area contributed by atoms with Gasteiger partial charge in [0.25, 0.3) is 0 Å². The molecule has 1 aromatic heterocycles. The summed E-state index contributed by atoms with van der Waals surface area (Å²) in [6.07, 6.45) is -1.71. The molecule has 0 atom stereocenters. The Morgan fingerprint density at radius 1 is 1.29 bits per heavy atom. The van der Waals surface area contributed by atoms with E-state index in [-0.39, 0.29) is 0 Å². The van der Waals surface area contributed by atoms with Crippen LogP contribution in [0.25, 0.3) is 0 Å². The van der Waals surface area contributed by atoms with Gasteiger partial charge in [-0.3, -0.25) is 9.69 Å². The highest BCUT2D eigenvalue weighted by Gasteiger charge is 2.47. The Labute approximate surface area is 118 Å². The monoisotopic (exact) mass is 302 g/mol. The highest BCUT2D eigenvalue weighted by molar-refractivity contribution is 6.03. The molecule has 114 valence electrons. The number of halogens is 3. The Hall–Kier alpha value is -2.12. The van der Waals surface area contributed by atoms with Crippen LogP contribution in [0.15, 0.2) is 18.3 Å². The van der Waals surface area contributed by atoms with E-state index in [4.69, 9.17) is 5.11 Å². The maximum absolute atomic E-state index is 12.8. The van der Waals surface area contributed by atoms with Crippen LogP contribution >= 0.6 is 0 Å². The fourth-order valence-corrected chi connectivity index (χ4v) is 2.49. The van der Waals surface area contributed by atoms with Gasteiger partial charge in [-0.1, -0.05) is 12.8 Å². The number of amides is 1. The van der Waals surface area contributed by atoms with Crippen molar-refractivity contribution in [3.8, 4) is 0 Å². The minimum absolute atomic E-state index is 0.400. The van der Waals surface area contributed by atoms with Crippen LogP contribution in [-0.4, -0.2) is 34.2 Å². The number of rotatable bonds is 3. The normalized spacial score (nSPS) is 16.0. The summed E-state index contributed by atoms with van der Waals surface area (Å²) in [5.74, 6) is -3.94. The molecule has 0 bridgehead atoms. The van der Waals surface area contributed by atoms with E-state index in [0.29, 0.717) is 30.6 Å². The largest absolute Gasteiger partial charge is 0.478 e. The van der Waals surface area contributed by atoms with Crippen molar-refractivity contribution in [2.24, 2.45) is 0 Å². The van der Waals surface area contributed by atoms with Crippen LogP contribution in [0.4, 0.5) is 19.0 Å². The number of hydrogen-bond donors (Lipinski definition) is 1. The third-order valence-electron chi connectivity index (χ3n) is 3.40. The second kappa shape index (κ2) is 5.71. The zero-order valence-electron chi connectivity index (χ0n) is 10.9. The molecule has 1 fully saturated rings. The van der Waals surface area contributed by atoms with Crippen LogP contribution < -0.4 is 4.90 Å². The average Bonchev–Trinajstić information content (AvgIpc) is 2.92. The highest BCUT2D eigenvalue weighted by Crippen LogP contribution is 2.32. The number of pyridine rings is 1. The van der Waals surface area contributed by atoms with Crippen molar-refractivity contribution in [1.29, 1.82) is 0 Å². The summed E-state index contributed by atoms with van der Waals surface area (Å²) in [4.78, 5) is 27.0. The number of carboxylic acids is 1. The van der Waals surface area contributed by atoms with E-state index in [0.717, 1.165) is 6.07 Å². The van der Waals surface area contributed by atoms with Gasteiger partial charge in [-0.2, -0.15) is 13.2 Å². The summed E-state index contributed by atoms with van der Waals surface area (Å²) < 4.78 is 38.4. The van der Waals surface area contributed by atoms with Crippen LogP contribution in [0.3, 0.4) is 0 Å². The van der Waals surface area contributed by atoms with Crippen molar-refractivity contribution < 1.29 is 27.9 Å². The Balaban J connectivity index is 2.50. The molecule has 1 N–H and O–H groups in total. The molecule has 1 heterocycles. The van der Waals surface area contributed by atoms with Gasteiger partial charge in [0, 0.05) is 12.2 Å². The number of anilines is 1. The predicted octanol–water partition coefficient (Wildman–Crippen LogP) is 2.62. The second-order valence-corrected chi connectivity index (χ2v) is 4.79. The van der Waals surface area contributed by atoms with Gasteiger partial charge in [-0.15, -0.1) is 0 Å². The summed E-state index contributed by atoms with van der Waals surface area (Å²) in [5, 5.41) is 9.08. The SMILES string of the molecule is O=C(O)c1cccnc1N(C(=O)C(F)(F)F)C1CCCC1. The molecule has 1 saturated carbocycles. The van der Waals surface area contributed by atoms with Crippen molar-refractivity contribution in [2.75, 3.05) is 4.90 Å². The first-order chi connectivity index (χ1) is 9.82. The highest BCUT2D eigenvalue weighted by atomic mass is 19.4. The lowest BCUT2D eigenvalue weighted by Crippen LogP contribution is -2.47. The maximum atomic E-state index is 12.8. The molecule has 1 aromatic rings. The Kier molecular flexibility index (Phi) is 4.15. The number of hydrogen-bond acceptors (Lipinski definition) is 3. The fraction of sp³-hybridized carbons (Fsp3) is 0.462. The molecule has 5 nitrogen and oxygen atoms in total. The minimum Gasteiger partial charge on any atom is -0.478 e. The number of nitrogens with zero attached hydrogens (tertiary/aromatic N) is 2. The van der Waals surface area contributed by atoms with E-state index in [1.165, 1.54) is 12.3 Å². The summed E-state index contributed by atoms with van der Waals surface area (Å²) in [6.45, 7) is 0. The molecule has 0 unspecified atom stereocenters. The van der Waals surface area contributed by atoms with Crippen LogP contribution in [0.5, 0.6) is 0 Å². The summed E-state index contributed by atoms with van der Waals surface area (Å²) in [6, 6.07) is 1.76. The lowest BCUT2D eigenvalue weighted by atomic mass is 10.1. The predicted molar refractivity (Wildman–Crippen MR) is 67.0 cm³/mol. The van der Waals surface area contributed by atoms with Crippen molar-refractivity contribution >= 4 is 17.7 Å². The lowest BCUT2D eigenvalue weighted by Gasteiger charge is -2.29. The lowest BCUT2D eigenvalue weighted by molar-refractivity contribution is -0.171. The van der Waals surface area contributed by atoms with Gasteiger partial charge in [0.1, 0.15) is 11.4 Å². The first-order valence-electron chi connectivity index (χ1n) is 6.41. The van der Waals surface area contributed by atoms with Crippen molar-refractivity contribution in [1.82, 2.24) is 4.98 Å². The molecule has 8 heteroatoms. The van der Waals surface area contributed by atoms with Crippen LogP contribution in [0, 0.1) is 0 Å². The molecule has 0 spiro atoms. The Morgan fingerprint density at radius 3 is 2.43 bits per heavy atom. The van der Waals surface area contributed by atoms with Gasteiger partial charge in [0.05, 0.1) is 0 Å². The molecule has 21 heavy (non-hydrogen) atoms. The van der Waals surface area contributed by atoms with E-state index in [1.807, 2.05) is 0 Å². The first kappa shape index (κ1) is 15.3. The number of aromatic nitrogens is 1. The number of carbonyl (C=O) groups is 2. The van der Waals surface area contributed by atoms with E-state index in [9.17, 15) is 22.8 Å². The number of aromatic carboxylic acids is 1. The van der Waals surface area contributed by atoms with Gasteiger partial charge < -0.3 is 5.11 Å². The number of carbonyl (C=O) groups excluding carboxylic acids is 1. The van der Waals surface area contributed by atoms with Gasteiger partial charge in [-0.25, -0.2) is 9.78 Å². The Morgan fingerprint density at radius 2 is 1.90 bits per heavy atom. The topological polar surface area (TPSA) is 70.5 Å². The molecule has 0 saturated heterocycles. The quantitative estimate of drug-likeness (QED) is 0.931. The summed E-state index contributed by atoms with van der Waals surface area (Å²) in [5.41, 5.74) is -0.415. The molecule has 1 aliphatic rings. The number of carboxylic acid groups (broad SMARTS) is 1. The van der Waals surface area contributed by atoms with Crippen LogP contribution in [0.1, 0.15) is 36.0 Å². The molecule has 1 aliphatic carbocycles. The zero-order valence-corrected chi connectivity index (χ0v) is 10.9. The molecule has 1 amide bonds. The molecular formula is C13H13F3N2O3. The maximum Gasteiger partial charge on any atom is 0.471 e. The van der Waals surface area contributed by atoms with Crippen molar-refractivity contribution in [2.45, 2.75) is 37.9 Å². The van der Waals surface area contributed by atoms with Gasteiger partial charge in [-0.05, 0) is 25.0 Å². The van der Waals surface area contributed by atoms with Gasteiger partial charge in [0.15, 0.2) is 0 Å². The third-order valence-corrected chi connectivity index (χ3v) is 3.40. The van der Waals surface area contributed by atoms with Crippen LogP contribution in [-0.2, 0) is 4.79 Å².